The largest absolute Gasteiger partial charge is 0.301 e. The minimum absolute atomic E-state index is 0.0420. The van der Waals surface area contributed by atoms with Gasteiger partial charge in [-0.15, -0.1) is 0 Å². The second kappa shape index (κ2) is 6.20. The standard InChI is InChI=1S/C19H18N2OS/c22-18-17(23-19(21-18)20-15-9-2-3-10-15)12-14-8-5-7-13-6-1-4-11-16(13)14/h1,4-8,11-12,15H,2-3,9-10H2,(H,20,21,22)/b17-12-. The summed E-state index contributed by atoms with van der Waals surface area (Å²) in [5.74, 6) is -0.0420. The highest BCUT2D eigenvalue weighted by atomic mass is 32.2. The van der Waals surface area contributed by atoms with Gasteiger partial charge in [-0.05, 0) is 47.0 Å². The van der Waals surface area contributed by atoms with Crippen molar-refractivity contribution in [1.29, 1.82) is 0 Å². The number of benzene rings is 2. The Balaban J connectivity index is 1.64. The van der Waals surface area contributed by atoms with Crippen molar-refractivity contribution in [2.24, 2.45) is 4.99 Å². The molecule has 1 heterocycles. The van der Waals surface area contributed by atoms with Crippen molar-refractivity contribution < 1.29 is 4.79 Å². The number of rotatable bonds is 2. The van der Waals surface area contributed by atoms with E-state index in [1.807, 2.05) is 24.3 Å². The van der Waals surface area contributed by atoms with Gasteiger partial charge in [-0.1, -0.05) is 55.3 Å². The first-order valence-electron chi connectivity index (χ1n) is 8.06. The van der Waals surface area contributed by atoms with Crippen LogP contribution in [0.25, 0.3) is 16.8 Å². The van der Waals surface area contributed by atoms with Gasteiger partial charge >= 0.3 is 0 Å². The highest BCUT2D eigenvalue weighted by Crippen LogP contribution is 2.30. The molecule has 1 aliphatic heterocycles. The maximum atomic E-state index is 12.2. The monoisotopic (exact) mass is 322 g/mol. The highest BCUT2D eigenvalue weighted by Gasteiger charge is 2.25. The van der Waals surface area contributed by atoms with Gasteiger partial charge in [-0.25, -0.2) is 0 Å². The van der Waals surface area contributed by atoms with Gasteiger partial charge in [0.2, 0.25) is 0 Å². The van der Waals surface area contributed by atoms with E-state index >= 15 is 0 Å². The summed E-state index contributed by atoms with van der Waals surface area (Å²) in [6.45, 7) is 0. The third-order valence-electron chi connectivity index (χ3n) is 4.39. The van der Waals surface area contributed by atoms with Crippen molar-refractivity contribution in [2.45, 2.75) is 31.7 Å². The van der Waals surface area contributed by atoms with Crippen LogP contribution in [0.4, 0.5) is 0 Å². The van der Waals surface area contributed by atoms with E-state index in [9.17, 15) is 4.79 Å². The smallest absolute Gasteiger partial charge is 0.264 e. The zero-order valence-electron chi connectivity index (χ0n) is 12.8. The Hall–Kier alpha value is -2.07. The molecule has 1 saturated carbocycles. The molecule has 23 heavy (non-hydrogen) atoms. The van der Waals surface area contributed by atoms with Crippen molar-refractivity contribution in [3.05, 3.63) is 52.9 Å². The van der Waals surface area contributed by atoms with E-state index in [0.29, 0.717) is 6.04 Å². The lowest BCUT2D eigenvalue weighted by Crippen LogP contribution is -2.21. The summed E-state index contributed by atoms with van der Waals surface area (Å²) in [4.78, 5) is 17.6. The first-order chi connectivity index (χ1) is 11.3. The molecule has 2 aliphatic rings. The molecule has 0 unspecified atom stereocenters. The number of hydrogen-bond donors (Lipinski definition) is 1. The first-order valence-corrected chi connectivity index (χ1v) is 8.88. The molecule has 2 fully saturated rings. The molecule has 116 valence electrons. The fourth-order valence-electron chi connectivity index (χ4n) is 3.21. The molecule has 1 aliphatic carbocycles. The van der Waals surface area contributed by atoms with E-state index in [0.717, 1.165) is 33.9 Å². The normalized spacial score (nSPS) is 22.3. The maximum Gasteiger partial charge on any atom is 0.264 e. The summed E-state index contributed by atoms with van der Waals surface area (Å²) >= 11 is 1.46. The summed E-state index contributed by atoms with van der Waals surface area (Å²) in [5, 5.41) is 6.01. The van der Waals surface area contributed by atoms with Gasteiger partial charge in [-0.2, -0.15) is 0 Å². The van der Waals surface area contributed by atoms with Crippen LogP contribution in [0.5, 0.6) is 0 Å². The van der Waals surface area contributed by atoms with Crippen LogP contribution in [0.1, 0.15) is 31.2 Å². The van der Waals surface area contributed by atoms with Crippen LogP contribution in [0.2, 0.25) is 0 Å². The van der Waals surface area contributed by atoms with E-state index < -0.39 is 0 Å². The van der Waals surface area contributed by atoms with E-state index in [4.69, 9.17) is 0 Å². The van der Waals surface area contributed by atoms with Crippen molar-refractivity contribution in [1.82, 2.24) is 5.32 Å². The maximum absolute atomic E-state index is 12.2. The predicted octanol–water partition coefficient (Wildman–Crippen LogP) is 4.34. The number of carbonyl (C=O) groups is 1. The molecule has 1 N–H and O–H groups in total. The summed E-state index contributed by atoms with van der Waals surface area (Å²) in [5.41, 5.74) is 1.07. The highest BCUT2D eigenvalue weighted by molar-refractivity contribution is 8.18. The Kier molecular flexibility index (Phi) is 3.92. The van der Waals surface area contributed by atoms with Gasteiger partial charge in [0.25, 0.3) is 5.91 Å². The topological polar surface area (TPSA) is 41.5 Å². The molecule has 2 aromatic rings. The number of thioether (sulfide) groups is 1. The Morgan fingerprint density at radius 1 is 1.09 bits per heavy atom. The van der Waals surface area contributed by atoms with Crippen molar-refractivity contribution in [3.8, 4) is 0 Å². The minimum atomic E-state index is -0.0420. The molecular formula is C19H18N2OS. The van der Waals surface area contributed by atoms with E-state index in [2.05, 4.69) is 34.6 Å². The number of fused-ring (bicyclic) bond motifs is 1. The molecule has 0 bridgehead atoms. The van der Waals surface area contributed by atoms with Gasteiger partial charge < -0.3 is 5.32 Å². The molecule has 0 aromatic heterocycles. The molecule has 0 spiro atoms. The number of amides is 1. The van der Waals surface area contributed by atoms with Gasteiger partial charge in [0.15, 0.2) is 5.17 Å². The van der Waals surface area contributed by atoms with Crippen LogP contribution in [-0.2, 0) is 4.79 Å². The van der Waals surface area contributed by atoms with Crippen LogP contribution >= 0.6 is 11.8 Å². The Labute approximate surface area is 139 Å². The Bertz CT molecular complexity index is 814. The van der Waals surface area contributed by atoms with Gasteiger partial charge in [-0.3, -0.25) is 9.79 Å². The number of amidine groups is 1. The number of nitrogens with one attached hydrogen (secondary N) is 1. The van der Waals surface area contributed by atoms with Gasteiger partial charge in [0.1, 0.15) is 0 Å². The zero-order valence-corrected chi connectivity index (χ0v) is 13.6. The molecule has 4 heteroatoms. The molecule has 1 saturated heterocycles. The quantitative estimate of drug-likeness (QED) is 0.836. The molecule has 0 radical (unpaired) electrons. The lowest BCUT2D eigenvalue weighted by atomic mass is 10.0. The number of aliphatic imine (C=N–C) groups is 1. The number of carbonyl (C=O) groups excluding carboxylic acids is 1. The van der Waals surface area contributed by atoms with Crippen molar-refractivity contribution in [3.63, 3.8) is 0 Å². The molecule has 4 rings (SSSR count). The average Bonchev–Trinajstić information content (AvgIpc) is 3.18. The molecular weight excluding hydrogens is 304 g/mol. The molecule has 1 amide bonds. The van der Waals surface area contributed by atoms with Crippen LogP contribution in [0, 0.1) is 0 Å². The van der Waals surface area contributed by atoms with Crippen LogP contribution in [0.15, 0.2) is 52.4 Å². The lowest BCUT2D eigenvalue weighted by molar-refractivity contribution is -0.115. The summed E-state index contributed by atoms with van der Waals surface area (Å²) in [6, 6.07) is 14.8. The third kappa shape index (κ3) is 3.04. The Morgan fingerprint density at radius 2 is 1.87 bits per heavy atom. The van der Waals surface area contributed by atoms with Gasteiger partial charge in [0.05, 0.1) is 10.9 Å². The van der Waals surface area contributed by atoms with Crippen molar-refractivity contribution >= 4 is 39.7 Å². The Morgan fingerprint density at radius 3 is 2.74 bits per heavy atom. The summed E-state index contributed by atoms with van der Waals surface area (Å²) in [7, 11) is 0. The minimum Gasteiger partial charge on any atom is -0.301 e. The third-order valence-corrected chi connectivity index (χ3v) is 5.31. The van der Waals surface area contributed by atoms with E-state index in [1.54, 1.807) is 0 Å². The van der Waals surface area contributed by atoms with E-state index in [1.165, 1.54) is 30.0 Å². The predicted molar refractivity (Wildman–Crippen MR) is 97.3 cm³/mol. The summed E-state index contributed by atoms with van der Waals surface area (Å²) < 4.78 is 0. The molecule has 3 nitrogen and oxygen atoms in total. The molecule has 2 aromatic carbocycles. The van der Waals surface area contributed by atoms with E-state index in [-0.39, 0.29) is 5.91 Å². The van der Waals surface area contributed by atoms with Gasteiger partial charge in [0, 0.05) is 0 Å². The van der Waals surface area contributed by atoms with Crippen molar-refractivity contribution in [2.75, 3.05) is 0 Å². The zero-order chi connectivity index (χ0) is 15.6. The first kappa shape index (κ1) is 14.5. The number of nitrogens with zero attached hydrogens (tertiary/aromatic N) is 1. The van der Waals surface area contributed by atoms with Crippen LogP contribution in [0.3, 0.4) is 0 Å². The van der Waals surface area contributed by atoms with Crippen LogP contribution < -0.4 is 5.32 Å². The fraction of sp³-hybridized carbons (Fsp3) is 0.263. The second-order valence-corrected chi connectivity index (χ2v) is 7.04. The number of hydrogen-bond acceptors (Lipinski definition) is 3. The second-order valence-electron chi connectivity index (χ2n) is 6.01. The lowest BCUT2D eigenvalue weighted by Gasteiger charge is -2.03. The molecule has 0 atom stereocenters. The fourth-order valence-corrected chi connectivity index (χ4v) is 4.09. The average molecular weight is 322 g/mol. The SMILES string of the molecule is O=C1NC(=NC2CCCC2)S/C1=C\c1cccc2ccccc12. The van der Waals surface area contributed by atoms with Crippen LogP contribution in [-0.4, -0.2) is 17.1 Å². The summed E-state index contributed by atoms with van der Waals surface area (Å²) in [6.07, 6.45) is 6.75.